The minimum Gasteiger partial charge on any atom is -0.318 e. The summed E-state index contributed by atoms with van der Waals surface area (Å²) in [4.78, 5) is 39.4. The molecule has 3 aromatic heterocycles. The number of nitrogens with one attached hydrogen (secondary N) is 1. The van der Waals surface area contributed by atoms with Crippen molar-refractivity contribution in [3.05, 3.63) is 82.2 Å². The SMILES string of the molecule is Cc1nc(N2C[C@H]3CC[C@H]3C2=O)c(F)cc1[C@@H](C)n1cc(NC(=O)c2cncc(-c3c(C(F)F)ccc(Cl)c3F)n2)cn1. The Morgan fingerprint density at radius 2 is 1.91 bits per heavy atom. The molecule has 3 atom stereocenters. The van der Waals surface area contributed by atoms with Gasteiger partial charge in [0.05, 0.1) is 41.0 Å². The van der Waals surface area contributed by atoms with Crippen molar-refractivity contribution in [3.8, 4) is 11.3 Å². The quantitative estimate of drug-likeness (QED) is 0.251. The highest BCUT2D eigenvalue weighted by Gasteiger charge is 2.47. The van der Waals surface area contributed by atoms with Crippen LogP contribution in [0.5, 0.6) is 0 Å². The number of halogens is 5. The summed E-state index contributed by atoms with van der Waals surface area (Å²) >= 11 is 5.80. The van der Waals surface area contributed by atoms with E-state index < -0.39 is 41.1 Å². The smallest absolute Gasteiger partial charge is 0.275 e. The lowest BCUT2D eigenvalue weighted by Gasteiger charge is -2.25. The van der Waals surface area contributed by atoms with Crippen LogP contribution < -0.4 is 10.2 Å². The normalized spacial score (nSPS) is 18.5. The highest BCUT2D eigenvalue weighted by Crippen LogP contribution is 2.43. The van der Waals surface area contributed by atoms with E-state index in [2.05, 4.69) is 25.4 Å². The maximum absolute atomic E-state index is 15.2. The zero-order valence-electron chi connectivity index (χ0n) is 22.9. The number of pyridine rings is 1. The van der Waals surface area contributed by atoms with Crippen molar-refractivity contribution < 1.29 is 27.2 Å². The minimum atomic E-state index is -3.02. The first kappa shape index (κ1) is 28.7. The second-order valence-electron chi connectivity index (χ2n) is 10.6. The van der Waals surface area contributed by atoms with Crippen LogP contribution in [0.4, 0.5) is 29.1 Å². The Bertz CT molecular complexity index is 1760. The Kier molecular flexibility index (Phi) is 7.36. The third kappa shape index (κ3) is 5.11. The first-order valence-electron chi connectivity index (χ1n) is 13.5. The monoisotopic (exact) mass is 613 g/mol. The number of carbonyl (C=O) groups is 2. The lowest BCUT2D eigenvalue weighted by atomic mass is 9.76. The third-order valence-corrected chi connectivity index (χ3v) is 8.34. The topological polar surface area (TPSA) is 106 Å². The zero-order chi connectivity index (χ0) is 30.6. The second kappa shape index (κ2) is 11.0. The van der Waals surface area contributed by atoms with Gasteiger partial charge in [-0.2, -0.15) is 5.10 Å². The van der Waals surface area contributed by atoms with Gasteiger partial charge in [0, 0.05) is 41.0 Å². The molecule has 1 N–H and O–H groups in total. The number of fused-ring (bicyclic) bond motifs is 1. The number of hydrogen-bond acceptors (Lipinski definition) is 6. The van der Waals surface area contributed by atoms with E-state index in [0.717, 1.165) is 37.4 Å². The van der Waals surface area contributed by atoms with Crippen LogP contribution in [-0.4, -0.2) is 43.1 Å². The third-order valence-electron chi connectivity index (χ3n) is 8.05. The van der Waals surface area contributed by atoms with Gasteiger partial charge in [0.25, 0.3) is 12.3 Å². The highest BCUT2D eigenvalue weighted by molar-refractivity contribution is 6.31. The summed E-state index contributed by atoms with van der Waals surface area (Å²) in [6, 6.07) is 2.86. The van der Waals surface area contributed by atoms with Crippen molar-refractivity contribution in [1.82, 2.24) is 24.7 Å². The van der Waals surface area contributed by atoms with Gasteiger partial charge in [-0.15, -0.1) is 0 Å². The van der Waals surface area contributed by atoms with E-state index in [1.165, 1.54) is 28.0 Å². The number of benzene rings is 1. The summed E-state index contributed by atoms with van der Waals surface area (Å²) in [5.74, 6) is -2.30. The predicted octanol–water partition coefficient (Wildman–Crippen LogP) is 6.15. The minimum absolute atomic E-state index is 0.0305. The van der Waals surface area contributed by atoms with E-state index in [1.54, 1.807) is 13.8 Å². The molecule has 1 aromatic carbocycles. The molecule has 0 spiro atoms. The van der Waals surface area contributed by atoms with Gasteiger partial charge < -0.3 is 5.32 Å². The molecule has 2 aliphatic rings. The van der Waals surface area contributed by atoms with Crippen LogP contribution in [0.1, 0.15) is 59.5 Å². The number of aromatic nitrogens is 5. The predicted molar refractivity (Wildman–Crippen MR) is 149 cm³/mol. The molecule has 1 aliphatic carbocycles. The van der Waals surface area contributed by atoms with Gasteiger partial charge in [0.1, 0.15) is 5.69 Å². The largest absolute Gasteiger partial charge is 0.318 e. The fourth-order valence-corrected chi connectivity index (χ4v) is 5.74. The van der Waals surface area contributed by atoms with Gasteiger partial charge in [-0.3, -0.25) is 24.2 Å². The van der Waals surface area contributed by atoms with Gasteiger partial charge >= 0.3 is 0 Å². The van der Waals surface area contributed by atoms with E-state index in [1.807, 2.05) is 0 Å². The fourth-order valence-electron chi connectivity index (χ4n) is 5.58. The summed E-state index contributed by atoms with van der Waals surface area (Å²) in [5, 5.41) is 6.48. The molecule has 9 nitrogen and oxygen atoms in total. The van der Waals surface area contributed by atoms with Crippen LogP contribution in [0.2, 0.25) is 5.02 Å². The number of aryl methyl sites for hydroxylation is 1. The maximum atomic E-state index is 15.2. The van der Waals surface area contributed by atoms with E-state index in [0.29, 0.717) is 17.8 Å². The van der Waals surface area contributed by atoms with E-state index in [4.69, 9.17) is 11.6 Å². The molecule has 4 aromatic rings. The van der Waals surface area contributed by atoms with Crippen molar-refractivity contribution in [1.29, 1.82) is 0 Å². The molecule has 4 heterocycles. The van der Waals surface area contributed by atoms with E-state index in [9.17, 15) is 22.8 Å². The number of carbonyl (C=O) groups excluding carboxylic acids is 2. The Labute approximate surface area is 247 Å². The highest BCUT2D eigenvalue weighted by atomic mass is 35.5. The maximum Gasteiger partial charge on any atom is 0.275 e. The number of amides is 2. The van der Waals surface area contributed by atoms with E-state index in [-0.39, 0.29) is 45.7 Å². The van der Waals surface area contributed by atoms with Gasteiger partial charge in [0.15, 0.2) is 17.5 Å². The summed E-state index contributed by atoms with van der Waals surface area (Å²) in [7, 11) is 0. The molecule has 6 rings (SSSR count). The fraction of sp³-hybridized carbons (Fsp3) is 0.310. The molecular formula is C29H24ClF4N7O2. The molecule has 14 heteroatoms. The second-order valence-corrected chi connectivity index (χ2v) is 11.0. The van der Waals surface area contributed by atoms with Gasteiger partial charge in [-0.1, -0.05) is 17.7 Å². The lowest BCUT2D eigenvalue weighted by Crippen LogP contribution is -2.30. The molecular weight excluding hydrogens is 590 g/mol. The molecule has 0 bridgehead atoms. The summed E-state index contributed by atoms with van der Waals surface area (Å²) in [5.41, 5.74) is -0.418. The van der Waals surface area contributed by atoms with Crippen LogP contribution in [0, 0.1) is 30.4 Å². The Morgan fingerprint density at radius 1 is 1.12 bits per heavy atom. The van der Waals surface area contributed by atoms with Gasteiger partial charge in [0.2, 0.25) is 5.91 Å². The lowest BCUT2D eigenvalue weighted by molar-refractivity contribution is -0.123. The summed E-state index contributed by atoms with van der Waals surface area (Å²) < 4.78 is 58.5. The van der Waals surface area contributed by atoms with Crippen LogP contribution in [0.25, 0.3) is 11.3 Å². The number of rotatable bonds is 7. The molecule has 0 unspecified atom stereocenters. The molecule has 222 valence electrons. The number of anilines is 2. The molecule has 2 fully saturated rings. The van der Waals surface area contributed by atoms with Gasteiger partial charge in [-0.25, -0.2) is 27.5 Å². The van der Waals surface area contributed by atoms with Crippen molar-refractivity contribution >= 4 is 34.9 Å². The Balaban J connectivity index is 1.20. The Morgan fingerprint density at radius 3 is 2.58 bits per heavy atom. The number of nitrogens with zero attached hydrogens (tertiary/aromatic N) is 6. The standard InChI is InChI=1S/C29H24ClF4N7O2/c1-13-19(7-21(31)27(37-13)40-11-15-3-4-17(15)29(40)43)14(2)41-12-16(8-36-41)38-28(42)23-10-35-9-22(39-23)24-18(26(33)34)5-6-20(30)25(24)32/h5-10,12,14-15,17,26H,3-4,11H2,1-2H3,(H,38,42)/t14-,15-,17-/m1/s1. The summed E-state index contributed by atoms with van der Waals surface area (Å²) in [6.07, 6.45) is 3.80. The number of hydrogen-bond donors (Lipinski definition) is 1. The number of alkyl halides is 2. The molecule has 1 aliphatic heterocycles. The van der Waals surface area contributed by atoms with E-state index >= 15 is 4.39 Å². The van der Waals surface area contributed by atoms with Crippen molar-refractivity contribution in [2.75, 3.05) is 16.8 Å². The molecule has 1 saturated heterocycles. The zero-order valence-corrected chi connectivity index (χ0v) is 23.6. The molecule has 0 radical (unpaired) electrons. The molecule has 43 heavy (non-hydrogen) atoms. The first-order chi connectivity index (χ1) is 20.5. The van der Waals surface area contributed by atoms with Crippen LogP contribution in [-0.2, 0) is 4.79 Å². The molecule has 1 saturated carbocycles. The average molecular weight is 614 g/mol. The van der Waals surface area contributed by atoms with Crippen LogP contribution in [0.15, 0.2) is 43.0 Å². The van der Waals surface area contributed by atoms with Gasteiger partial charge in [-0.05, 0) is 44.7 Å². The van der Waals surface area contributed by atoms with Crippen molar-refractivity contribution in [2.45, 2.75) is 39.2 Å². The van der Waals surface area contributed by atoms with Crippen molar-refractivity contribution in [3.63, 3.8) is 0 Å². The first-order valence-corrected chi connectivity index (χ1v) is 13.8. The molecule has 2 amide bonds. The summed E-state index contributed by atoms with van der Waals surface area (Å²) in [6.45, 7) is 3.97. The van der Waals surface area contributed by atoms with Crippen LogP contribution in [0.3, 0.4) is 0 Å². The Hall–Kier alpha value is -4.39. The van der Waals surface area contributed by atoms with Crippen molar-refractivity contribution in [2.24, 2.45) is 11.8 Å². The average Bonchev–Trinajstić information content (AvgIpc) is 3.51. The van der Waals surface area contributed by atoms with Crippen LogP contribution >= 0.6 is 11.6 Å².